The van der Waals surface area contributed by atoms with E-state index < -0.39 is 0 Å². The van der Waals surface area contributed by atoms with Crippen molar-refractivity contribution in [3.8, 4) is 0 Å². The van der Waals surface area contributed by atoms with Crippen LogP contribution < -0.4 is 10.6 Å². The van der Waals surface area contributed by atoms with Crippen molar-refractivity contribution in [2.24, 2.45) is 0 Å². The molecule has 1 heterocycles. The average molecular weight is 359 g/mol. The summed E-state index contributed by atoms with van der Waals surface area (Å²) in [4.78, 5) is 8.63. The van der Waals surface area contributed by atoms with Crippen LogP contribution in [0.15, 0.2) is 10.8 Å². The maximum Gasteiger partial charge on any atom is 0.145 e. The summed E-state index contributed by atoms with van der Waals surface area (Å²) < 4.78 is 1.31. The Kier molecular flexibility index (Phi) is 5.96. The van der Waals surface area contributed by atoms with E-state index in [4.69, 9.17) is 0 Å². The first-order valence-corrected chi connectivity index (χ1v) is 9.26. The van der Waals surface area contributed by atoms with Crippen LogP contribution in [0, 0.1) is 0 Å². The highest BCUT2D eigenvalue weighted by atomic mass is 79.9. The summed E-state index contributed by atoms with van der Waals surface area (Å²) in [5, 5.41) is 6.82. The molecular formula is C14H23BrN4S. The summed E-state index contributed by atoms with van der Waals surface area (Å²) in [6.45, 7) is 4.03. The fraction of sp³-hybridized carbons (Fsp3) is 0.714. The van der Waals surface area contributed by atoms with Crippen molar-refractivity contribution < 1.29 is 0 Å². The van der Waals surface area contributed by atoms with E-state index in [-0.39, 0.29) is 0 Å². The minimum atomic E-state index is 0.376. The largest absolute Gasteiger partial charge is 0.369 e. The zero-order valence-corrected chi connectivity index (χ0v) is 14.6. The second kappa shape index (κ2) is 7.50. The van der Waals surface area contributed by atoms with Gasteiger partial charge in [0.15, 0.2) is 0 Å². The van der Waals surface area contributed by atoms with Gasteiger partial charge in [0, 0.05) is 17.8 Å². The smallest absolute Gasteiger partial charge is 0.145 e. The summed E-state index contributed by atoms with van der Waals surface area (Å²) in [6, 6.07) is 0. The molecule has 1 saturated carbocycles. The van der Waals surface area contributed by atoms with Crippen LogP contribution in [-0.2, 0) is 0 Å². The molecule has 1 aliphatic carbocycles. The van der Waals surface area contributed by atoms with E-state index in [1.54, 1.807) is 6.33 Å². The molecule has 0 spiro atoms. The third kappa shape index (κ3) is 3.79. The number of nitrogens with zero attached hydrogens (tertiary/aromatic N) is 2. The first kappa shape index (κ1) is 15.9. The summed E-state index contributed by atoms with van der Waals surface area (Å²) in [6.07, 6.45) is 10.2. The minimum absolute atomic E-state index is 0.376. The van der Waals surface area contributed by atoms with E-state index in [2.05, 4.69) is 49.7 Å². The number of rotatable bonds is 7. The normalized spacial score (nSPS) is 17.1. The zero-order chi connectivity index (χ0) is 14.4. The lowest BCUT2D eigenvalue weighted by molar-refractivity contribution is 0.638. The average Bonchev–Trinajstić information content (AvgIpc) is 2.94. The Bertz CT molecular complexity index is 435. The molecule has 0 aromatic carbocycles. The van der Waals surface area contributed by atoms with Crippen molar-refractivity contribution in [2.45, 2.75) is 43.8 Å². The van der Waals surface area contributed by atoms with Crippen molar-refractivity contribution in [1.82, 2.24) is 9.97 Å². The summed E-state index contributed by atoms with van der Waals surface area (Å²) in [5.74, 6) is 1.76. The third-order valence-electron chi connectivity index (χ3n) is 3.86. The second-order valence-corrected chi connectivity index (χ2v) is 7.33. The quantitative estimate of drug-likeness (QED) is 0.766. The van der Waals surface area contributed by atoms with Crippen molar-refractivity contribution in [3.63, 3.8) is 0 Å². The highest BCUT2D eigenvalue weighted by Gasteiger charge is 2.32. The van der Waals surface area contributed by atoms with Gasteiger partial charge in [-0.3, -0.25) is 0 Å². The van der Waals surface area contributed by atoms with Gasteiger partial charge in [-0.2, -0.15) is 11.8 Å². The van der Waals surface area contributed by atoms with Crippen molar-refractivity contribution in [2.75, 3.05) is 30.0 Å². The molecule has 6 heteroatoms. The molecule has 1 fully saturated rings. The number of aromatic nitrogens is 2. The first-order chi connectivity index (χ1) is 9.71. The number of hydrogen-bond acceptors (Lipinski definition) is 5. The molecule has 0 atom stereocenters. The van der Waals surface area contributed by atoms with E-state index >= 15 is 0 Å². The molecule has 0 saturated heterocycles. The highest BCUT2D eigenvalue weighted by Crippen LogP contribution is 2.40. The Morgan fingerprint density at radius 2 is 1.90 bits per heavy atom. The molecule has 0 unspecified atom stereocenters. The van der Waals surface area contributed by atoms with E-state index in [9.17, 15) is 0 Å². The molecule has 1 aromatic rings. The fourth-order valence-corrected chi connectivity index (χ4v) is 3.98. The van der Waals surface area contributed by atoms with Gasteiger partial charge < -0.3 is 10.6 Å². The van der Waals surface area contributed by atoms with E-state index in [0.29, 0.717) is 4.75 Å². The topological polar surface area (TPSA) is 49.8 Å². The van der Waals surface area contributed by atoms with Gasteiger partial charge >= 0.3 is 0 Å². The zero-order valence-electron chi connectivity index (χ0n) is 12.2. The van der Waals surface area contributed by atoms with Crippen LogP contribution in [0.3, 0.4) is 0 Å². The number of hydrogen-bond donors (Lipinski definition) is 2. The molecule has 4 nitrogen and oxygen atoms in total. The van der Waals surface area contributed by atoms with Crippen LogP contribution in [0.25, 0.3) is 0 Å². The van der Waals surface area contributed by atoms with Gasteiger partial charge in [-0.05, 0) is 41.4 Å². The molecular weight excluding hydrogens is 336 g/mol. The Labute approximate surface area is 134 Å². The number of halogens is 1. The molecule has 1 aliphatic rings. The monoisotopic (exact) mass is 358 g/mol. The van der Waals surface area contributed by atoms with E-state index in [0.717, 1.165) is 35.6 Å². The van der Waals surface area contributed by atoms with Crippen molar-refractivity contribution >= 4 is 39.3 Å². The van der Waals surface area contributed by atoms with Gasteiger partial charge in [0.25, 0.3) is 0 Å². The number of nitrogens with one attached hydrogen (secondary N) is 2. The molecule has 0 amide bonds. The number of anilines is 2. The Morgan fingerprint density at radius 1 is 1.25 bits per heavy atom. The SMILES string of the molecule is CCCNc1ncnc(NCC2(SC)CCCC2)c1Br. The standard InChI is InChI=1S/C14H23BrN4S/c1-3-8-16-12-11(15)13(19-10-18-12)17-9-14(20-2)6-4-5-7-14/h10H,3-9H2,1-2H3,(H2,16,17,18,19). The first-order valence-electron chi connectivity index (χ1n) is 7.24. The minimum Gasteiger partial charge on any atom is -0.369 e. The van der Waals surface area contributed by atoms with Crippen LogP contribution in [0.5, 0.6) is 0 Å². The van der Waals surface area contributed by atoms with Crippen molar-refractivity contribution in [1.29, 1.82) is 0 Å². The van der Waals surface area contributed by atoms with E-state index in [1.165, 1.54) is 25.7 Å². The summed E-state index contributed by atoms with van der Waals surface area (Å²) >= 11 is 5.59. The lowest BCUT2D eigenvalue weighted by atomic mass is 10.1. The Morgan fingerprint density at radius 3 is 2.50 bits per heavy atom. The Hall–Kier alpha value is -0.490. The van der Waals surface area contributed by atoms with Crippen LogP contribution in [-0.4, -0.2) is 34.1 Å². The molecule has 2 rings (SSSR count). The number of thioether (sulfide) groups is 1. The predicted molar refractivity (Wildman–Crippen MR) is 91.7 cm³/mol. The van der Waals surface area contributed by atoms with Crippen LogP contribution >= 0.6 is 27.7 Å². The molecule has 112 valence electrons. The molecule has 2 N–H and O–H groups in total. The van der Waals surface area contributed by atoms with Gasteiger partial charge in [0.1, 0.15) is 22.4 Å². The maximum atomic E-state index is 4.36. The molecule has 0 bridgehead atoms. The van der Waals surface area contributed by atoms with Gasteiger partial charge in [-0.15, -0.1) is 0 Å². The van der Waals surface area contributed by atoms with Crippen LogP contribution in [0.1, 0.15) is 39.0 Å². The predicted octanol–water partition coefficient (Wildman–Crippen LogP) is 4.15. The lowest BCUT2D eigenvalue weighted by Crippen LogP contribution is -2.30. The molecule has 1 aromatic heterocycles. The summed E-state index contributed by atoms with van der Waals surface area (Å²) in [5.41, 5.74) is 0. The van der Waals surface area contributed by atoms with Gasteiger partial charge in [0.2, 0.25) is 0 Å². The van der Waals surface area contributed by atoms with Gasteiger partial charge in [-0.1, -0.05) is 19.8 Å². The lowest BCUT2D eigenvalue weighted by Gasteiger charge is -2.27. The van der Waals surface area contributed by atoms with E-state index in [1.807, 2.05) is 11.8 Å². The van der Waals surface area contributed by atoms with Gasteiger partial charge in [0.05, 0.1) is 0 Å². The highest BCUT2D eigenvalue weighted by molar-refractivity contribution is 9.10. The molecule has 0 aliphatic heterocycles. The maximum absolute atomic E-state index is 4.36. The molecule has 0 radical (unpaired) electrons. The van der Waals surface area contributed by atoms with Gasteiger partial charge in [-0.25, -0.2) is 9.97 Å². The molecule has 20 heavy (non-hydrogen) atoms. The third-order valence-corrected chi connectivity index (χ3v) is 6.03. The van der Waals surface area contributed by atoms with Crippen molar-refractivity contribution in [3.05, 3.63) is 10.8 Å². The summed E-state index contributed by atoms with van der Waals surface area (Å²) in [7, 11) is 0. The second-order valence-electron chi connectivity index (χ2n) is 5.26. The van der Waals surface area contributed by atoms with Crippen LogP contribution in [0.2, 0.25) is 0 Å². The fourth-order valence-electron chi connectivity index (χ4n) is 2.58. The van der Waals surface area contributed by atoms with Crippen LogP contribution in [0.4, 0.5) is 11.6 Å². The Balaban J connectivity index is 2.02.